The number of carbonyl (C=O) groups is 1. The Morgan fingerprint density at radius 2 is 1.94 bits per heavy atom. The number of carbonyl (C=O) groups excluding carboxylic acids is 1. The van der Waals surface area contributed by atoms with Crippen LogP contribution in [0.4, 0.5) is 5.69 Å². The summed E-state index contributed by atoms with van der Waals surface area (Å²) in [6.45, 7) is 0. The number of amides is 1. The molecule has 32 heavy (non-hydrogen) atoms. The summed E-state index contributed by atoms with van der Waals surface area (Å²) in [5.74, 6) is 1.05. The van der Waals surface area contributed by atoms with E-state index in [0.717, 1.165) is 11.8 Å². The smallest absolute Gasteiger partial charge is 0.279 e. The monoisotopic (exact) mass is 472 g/mol. The maximum atomic E-state index is 12.4. The van der Waals surface area contributed by atoms with E-state index in [4.69, 9.17) is 21.1 Å². The van der Waals surface area contributed by atoms with Crippen molar-refractivity contribution < 1.29 is 14.3 Å². The molecule has 1 amide bonds. The molecule has 0 aliphatic heterocycles. The van der Waals surface area contributed by atoms with Gasteiger partial charge < -0.3 is 14.8 Å². The largest absolute Gasteiger partial charge is 0.497 e. The average molecular weight is 473 g/mol. The third-order valence-corrected chi connectivity index (χ3v) is 5.54. The fourth-order valence-corrected chi connectivity index (χ4v) is 3.71. The van der Waals surface area contributed by atoms with Crippen molar-refractivity contribution in [3.05, 3.63) is 57.8 Å². The van der Waals surface area contributed by atoms with Gasteiger partial charge in [0.25, 0.3) is 11.3 Å². The molecule has 0 aliphatic carbocycles. The Morgan fingerprint density at radius 3 is 2.66 bits per heavy atom. The Balaban J connectivity index is 1.54. The molecular weight excluding hydrogens is 456 g/mol. The van der Waals surface area contributed by atoms with Crippen LogP contribution in [0.5, 0.6) is 11.5 Å². The van der Waals surface area contributed by atoms with Crippen molar-refractivity contribution in [2.75, 3.05) is 25.3 Å². The summed E-state index contributed by atoms with van der Waals surface area (Å²) in [6.07, 6.45) is 0. The highest BCUT2D eigenvalue weighted by molar-refractivity contribution is 7.99. The fourth-order valence-electron chi connectivity index (χ4n) is 2.86. The molecule has 0 fully saturated rings. The van der Waals surface area contributed by atoms with E-state index >= 15 is 0 Å². The molecule has 0 spiro atoms. The molecule has 0 radical (unpaired) electrons. The number of thioether (sulfide) groups is 1. The maximum absolute atomic E-state index is 12.4. The van der Waals surface area contributed by atoms with Crippen LogP contribution in [0, 0.1) is 0 Å². The Morgan fingerprint density at radius 1 is 1.16 bits per heavy atom. The lowest BCUT2D eigenvalue weighted by Crippen LogP contribution is -2.17. The summed E-state index contributed by atoms with van der Waals surface area (Å²) in [7, 11) is 3.06. The van der Waals surface area contributed by atoms with Gasteiger partial charge in [-0.25, -0.2) is 0 Å². The van der Waals surface area contributed by atoms with Crippen molar-refractivity contribution in [1.29, 1.82) is 0 Å². The number of rotatable bonds is 7. The lowest BCUT2D eigenvalue weighted by Gasteiger charge is -2.10. The first kappa shape index (κ1) is 21.7. The molecule has 2 N–H and O–H groups in total. The van der Waals surface area contributed by atoms with Gasteiger partial charge in [-0.3, -0.25) is 14.6 Å². The summed E-state index contributed by atoms with van der Waals surface area (Å²) >= 11 is 7.11. The number of halogens is 1. The molecular formula is C20H17ClN6O4S. The number of aromatic nitrogens is 5. The zero-order valence-electron chi connectivity index (χ0n) is 17.0. The number of nitrogens with zero attached hydrogens (tertiary/aromatic N) is 4. The molecule has 0 saturated carbocycles. The number of anilines is 1. The van der Waals surface area contributed by atoms with Crippen molar-refractivity contribution in [3.8, 4) is 22.8 Å². The highest BCUT2D eigenvalue weighted by Crippen LogP contribution is 2.28. The van der Waals surface area contributed by atoms with Gasteiger partial charge in [0.05, 0.1) is 25.7 Å². The van der Waals surface area contributed by atoms with E-state index in [-0.39, 0.29) is 23.1 Å². The molecule has 0 aliphatic rings. The molecule has 2 aromatic heterocycles. The van der Waals surface area contributed by atoms with E-state index in [9.17, 15) is 9.59 Å². The minimum absolute atomic E-state index is 0.0230. The SMILES string of the molecule is COc1ccc(-c2nn3c(SCC(=O)Nc4cc(Cl)ccc4OC)nnc3[nH]c2=O)cc1. The van der Waals surface area contributed by atoms with E-state index in [0.29, 0.717) is 32.9 Å². The molecule has 0 saturated heterocycles. The van der Waals surface area contributed by atoms with Crippen molar-refractivity contribution in [2.24, 2.45) is 0 Å². The second-order valence-corrected chi connectivity index (χ2v) is 7.81. The number of hydrogen-bond acceptors (Lipinski definition) is 8. The number of hydrogen-bond donors (Lipinski definition) is 2. The van der Waals surface area contributed by atoms with Crippen molar-refractivity contribution >= 4 is 40.7 Å². The number of benzene rings is 2. The van der Waals surface area contributed by atoms with Crippen LogP contribution in [0.2, 0.25) is 5.02 Å². The molecule has 164 valence electrons. The number of fused-ring (bicyclic) bond motifs is 1. The second kappa shape index (κ2) is 9.28. The Bertz CT molecular complexity index is 1340. The van der Waals surface area contributed by atoms with Crippen LogP contribution in [0.15, 0.2) is 52.4 Å². The fraction of sp³-hybridized carbons (Fsp3) is 0.150. The lowest BCUT2D eigenvalue weighted by atomic mass is 10.1. The van der Waals surface area contributed by atoms with Gasteiger partial charge in [0.15, 0.2) is 5.69 Å². The van der Waals surface area contributed by atoms with Gasteiger partial charge in [-0.1, -0.05) is 23.4 Å². The van der Waals surface area contributed by atoms with Gasteiger partial charge in [-0.05, 0) is 42.5 Å². The first-order chi connectivity index (χ1) is 15.5. The van der Waals surface area contributed by atoms with E-state index < -0.39 is 5.56 Å². The third-order valence-electron chi connectivity index (χ3n) is 4.38. The van der Waals surface area contributed by atoms with Crippen LogP contribution in [0.1, 0.15) is 0 Å². The molecule has 0 atom stereocenters. The van der Waals surface area contributed by atoms with Crippen LogP contribution in [-0.4, -0.2) is 50.7 Å². The zero-order valence-corrected chi connectivity index (χ0v) is 18.5. The Hall–Kier alpha value is -3.57. The summed E-state index contributed by atoms with van der Waals surface area (Å²) in [6, 6.07) is 11.9. The highest BCUT2D eigenvalue weighted by atomic mass is 35.5. The number of ether oxygens (including phenoxy) is 2. The van der Waals surface area contributed by atoms with Crippen LogP contribution in [-0.2, 0) is 4.79 Å². The summed E-state index contributed by atoms with van der Waals surface area (Å²) in [5, 5.41) is 15.9. The minimum Gasteiger partial charge on any atom is -0.497 e. The van der Waals surface area contributed by atoms with E-state index in [1.54, 1.807) is 49.6 Å². The van der Waals surface area contributed by atoms with Crippen molar-refractivity contribution in [2.45, 2.75) is 5.16 Å². The summed E-state index contributed by atoms with van der Waals surface area (Å²) < 4.78 is 11.8. The standard InChI is InChI=1S/C20H17ClN6O4S/c1-30-13-6-3-11(4-7-13)17-18(29)23-19-24-25-20(27(19)26-17)32-10-16(28)22-14-9-12(21)5-8-15(14)31-2/h3-9H,10H2,1-2H3,(H,22,28)(H,23,24,29). The topological polar surface area (TPSA) is 124 Å². The van der Waals surface area contributed by atoms with Crippen molar-refractivity contribution in [1.82, 2.24) is 24.8 Å². The first-order valence-corrected chi connectivity index (χ1v) is 10.6. The normalized spacial score (nSPS) is 10.8. The molecule has 4 rings (SSSR count). The van der Waals surface area contributed by atoms with Crippen LogP contribution in [0.25, 0.3) is 17.0 Å². The molecule has 0 bridgehead atoms. The Kier molecular flexibility index (Phi) is 6.28. The van der Waals surface area contributed by atoms with Crippen molar-refractivity contribution in [3.63, 3.8) is 0 Å². The summed E-state index contributed by atoms with van der Waals surface area (Å²) in [4.78, 5) is 27.5. The maximum Gasteiger partial charge on any atom is 0.279 e. The average Bonchev–Trinajstić information content (AvgIpc) is 3.19. The van der Waals surface area contributed by atoms with Gasteiger partial charge in [-0.2, -0.15) is 9.61 Å². The zero-order chi connectivity index (χ0) is 22.7. The van der Waals surface area contributed by atoms with Gasteiger partial charge in [0, 0.05) is 10.6 Å². The molecule has 2 heterocycles. The number of nitrogens with one attached hydrogen (secondary N) is 2. The molecule has 2 aromatic carbocycles. The predicted octanol–water partition coefficient (Wildman–Crippen LogP) is 2.88. The quantitative estimate of drug-likeness (QED) is 0.393. The third kappa shape index (κ3) is 4.53. The van der Waals surface area contributed by atoms with E-state index in [2.05, 4.69) is 25.6 Å². The second-order valence-electron chi connectivity index (χ2n) is 6.43. The van der Waals surface area contributed by atoms with E-state index in [1.165, 1.54) is 11.6 Å². The predicted molar refractivity (Wildman–Crippen MR) is 121 cm³/mol. The van der Waals surface area contributed by atoms with Gasteiger partial charge in [0.1, 0.15) is 11.5 Å². The number of aromatic amines is 1. The van der Waals surface area contributed by atoms with Crippen LogP contribution >= 0.6 is 23.4 Å². The molecule has 10 nitrogen and oxygen atoms in total. The first-order valence-electron chi connectivity index (χ1n) is 9.25. The molecule has 4 aromatic rings. The van der Waals surface area contributed by atoms with Crippen LogP contribution < -0.4 is 20.3 Å². The molecule has 0 unspecified atom stereocenters. The van der Waals surface area contributed by atoms with Gasteiger partial charge in [0.2, 0.25) is 11.1 Å². The minimum atomic E-state index is -0.405. The molecule has 12 heteroatoms. The van der Waals surface area contributed by atoms with Gasteiger partial charge >= 0.3 is 0 Å². The van der Waals surface area contributed by atoms with E-state index in [1.807, 2.05) is 0 Å². The highest BCUT2D eigenvalue weighted by Gasteiger charge is 2.15. The summed E-state index contributed by atoms with van der Waals surface area (Å²) in [5.41, 5.74) is 0.845. The van der Waals surface area contributed by atoms with Gasteiger partial charge in [-0.15, -0.1) is 10.2 Å². The number of methoxy groups -OCH3 is 2. The number of H-pyrrole nitrogens is 1. The Labute approximate surface area is 190 Å². The lowest BCUT2D eigenvalue weighted by molar-refractivity contribution is -0.113. The van der Waals surface area contributed by atoms with Crippen LogP contribution in [0.3, 0.4) is 0 Å².